The van der Waals surface area contributed by atoms with Crippen molar-refractivity contribution in [2.45, 2.75) is 45.4 Å². The fraction of sp³-hybridized carbons (Fsp3) is 0.524. The monoisotopic (exact) mass is 418 g/mol. The third-order valence-corrected chi connectivity index (χ3v) is 4.37. The fourth-order valence-corrected chi connectivity index (χ4v) is 2.67. The van der Waals surface area contributed by atoms with Gasteiger partial charge in [0, 0.05) is 38.4 Å². The lowest BCUT2D eigenvalue weighted by atomic mass is 9.96. The third kappa shape index (κ3) is 5.71. The minimum atomic E-state index is -0.258. The van der Waals surface area contributed by atoms with Crippen molar-refractivity contribution in [1.82, 2.24) is 15.0 Å². The van der Waals surface area contributed by atoms with Crippen molar-refractivity contribution in [2.24, 2.45) is 0 Å². The number of methoxy groups -OCH3 is 2. The highest BCUT2D eigenvalue weighted by molar-refractivity contribution is 6.04. The smallest absolute Gasteiger partial charge is 0.255 e. The molecule has 1 aromatic heterocycles. The molecule has 0 fully saturated rings. The van der Waals surface area contributed by atoms with Crippen molar-refractivity contribution in [3.05, 3.63) is 29.4 Å². The molecule has 0 bridgehead atoms. The Kier molecular flexibility index (Phi) is 7.42. The molecule has 0 aliphatic heterocycles. The van der Waals surface area contributed by atoms with E-state index < -0.39 is 0 Å². The van der Waals surface area contributed by atoms with Gasteiger partial charge in [0.2, 0.25) is 11.8 Å². The van der Waals surface area contributed by atoms with Gasteiger partial charge in [-0.15, -0.1) is 0 Å². The minimum absolute atomic E-state index is 0.193. The van der Waals surface area contributed by atoms with E-state index in [1.165, 1.54) is 19.1 Å². The van der Waals surface area contributed by atoms with E-state index in [1.807, 2.05) is 20.8 Å². The average Bonchev–Trinajstić information content (AvgIpc) is 3.16. The Balaban J connectivity index is 2.08. The Morgan fingerprint density at radius 2 is 1.77 bits per heavy atom. The van der Waals surface area contributed by atoms with E-state index in [2.05, 4.69) is 15.5 Å². The molecule has 1 N–H and O–H groups in total. The summed E-state index contributed by atoms with van der Waals surface area (Å²) in [7, 11) is 6.26. The average molecular weight is 418 g/mol. The number of benzene rings is 1. The second-order valence-corrected chi connectivity index (χ2v) is 8.12. The van der Waals surface area contributed by atoms with Gasteiger partial charge in [0.25, 0.3) is 5.91 Å². The van der Waals surface area contributed by atoms with Crippen molar-refractivity contribution < 1.29 is 23.6 Å². The zero-order valence-corrected chi connectivity index (χ0v) is 18.7. The maximum absolute atomic E-state index is 12.5. The van der Waals surface area contributed by atoms with E-state index in [9.17, 15) is 9.59 Å². The van der Waals surface area contributed by atoms with Crippen molar-refractivity contribution in [1.29, 1.82) is 0 Å². The molecule has 0 saturated heterocycles. The van der Waals surface area contributed by atoms with Gasteiger partial charge >= 0.3 is 0 Å². The number of aryl methyl sites for hydroxylation is 1. The number of anilines is 1. The molecule has 0 aliphatic carbocycles. The summed E-state index contributed by atoms with van der Waals surface area (Å²) in [6.45, 7) is 6.01. The molecule has 0 unspecified atom stereocenters. The second-order valence-electron chi connectivity index (χ2n) is 8.12. The van der Waals surface area contributed by atoms with Crippen LogP contribution in [0.3, 0.4) is 0 Å². The summed E-state index contributed by atoms with van der Waals surface area (Å²) in [5.74, 6) is 1.48. The van der Waals surface area contributed by atoms with Gasteiger partial charge in [-0.05, 0) is 12.5 Å². The number of hydrogen-bond donors (Lipinski definition) is 1. The quantitative estimate of drug-likeness (QED) is 0.702. The van der Waals surface area contributed by atoms with Gasteiger partial charge < -0.3 is 24.2 Å². The van der Waals surface area contributed by atoms with Crippen LogP contribution in [-0.2, 0) is 16.6 Å². The van der Waals surface area contributed by atoms with Gasteiger partial charge in [0.15, 0.2) is 17.3 Å². The van der Waals surface area contributed by atoms with Crippen LogP contribution in [0.2, 0.25) is 0 Å². The largest absolute Gasteiger partial charge is 0.493 e. The number of rotatable bonds is 8. The number of aromatic nitrogens is 2. The van der Waals surface area contributed by atoms with Crippen molar-refractivity contribution in [2.75, 3.05) is 33.6 Å². The van der Waals surface area contributed by atoms with E-state index >= 15 is 0 Å². The van der Waals surface area contributed by atoms with Crippen molar-refractivity contribution >= 4 is 17.5 Å². The Bertz CT molecular complexity index is 899. The van der Waals surface area contributed by atoms with Gasteiger partial charge in [0.1, 0.15) is 0 Å². The standard InChI is InChI=1S/C21H30N4O5/c1-21(2,3)20-23-18(30-24-20)10-8-9-17(26)22-14-12-16(29-7)15(28-6)11-13(14)19(27)25(4)5/h11-12H,8-10H2,1-7H3,(H,22,26). The van der Waals surface area contributed by atoms with Crippen LogP contribution in [0.4, 0.5) is 5.69 Å². The molecule has 0 spiro atoms. The number of carbonyl (C=O) groups is 2. The molecule has 0 atom stereocenters. The Morgan fingerprint density at radius 1 is 1.13 bits per heavy atom. The lowest BCUT2D eigenvalue weighted by Gasteiger charge is -2.18. The van der Waals surface area contributed by atoms with Crippen LogP contribution in [-0.4, -0.2) is 55.2 Å². The third-order valence-electron chi connectivity index (χ3n) is 4.37. The number of ether oxygens (including phenoxy) is 2. The molecule has 2 amide bonds. The molecule has 0 aliphatic rings. The number of nitrogens with zero attached hydrogens (tertiary/aromatic N) is 3. The molecule has 1 aromatic carbocycles. The molecule has 9 nitrogen and oxygen atoms in total. The number of carbonyl (C=O) groups excluding carboxylic acids is 2. The van der Waals surface area contributed by atoms with Gasteiger partial charge in [-0.25, -0.2) is 0 Å². The normalized spacial score (nSPS) is 11.2. The maximum Gasteiger partial charge on any atom is 0.255 e. The number of hydrogen-bond acceptors (Lipinski definition) is 7. The molecule has 0 saturated carbocycles. The predicted octanol–water partition coefficient (Wildman–Crippen LogP) is 3.05. The summed E-state index contributed by atoms with van der Waals surface area (Å²) in [5, 5.41) is 6.78. The Hall–Kier alpha value is -3.10. The Morgan fingerprint density at radius 3 is 2.30 bits per heavy atom. The van der Waals surface area contributed by atoms with Crippen LogP contribution in [0, 0.1) is 0 Å². The summed E-state index contributed by atoms with van der Waals surface area (Å²) in [6, 6.07) is 3.14. The van der Waals surface area contributed by atoms with Gasteiger partial charge in [-0.2, -0.15) is 4.98 Å². The van der Waals surface area contributed by atoms with Crippen molar-refractivity contribution in [3.63, 3.8) is 0 Å². The highest BCUT2D eigenvalue weighted by Crippen LogP contribution is 2.34. The highest BCUT2D eigenvalue weighted by atomic mass is 16.5. The first-order valence-corrected chi connectivity index (χ1v) is 9.67. The van der Waals surface area contributed by atoms with E-state index in [-0.39, 0.29) is 23.7 Å². The summed E-state index contributed by atoms with van der Waals surface area (Å²) in [6.07, 6.45) is 1.25. The molecule has 2 rings (SSSR count). The lowest BCUT2D eigenvalue weighted by Crippen LogP contribution is -2.24. The summed E-state index contributed by atoms with van der Waals surface area (Å²) in [4.78, 5) is 30.8. The maximum atomic E-state index is 12.5. The minimum Gasteiger partial charge on any atom is -0.493 e. The second kappa shape index (κ2) is 9.60. The fourth-order valence-electron chi connectivity index (χ4n) is 2.67. The first-order chi connectivity index (χ1) is 14.1. The first-order valence-electron chi connectivity index (χ1n) is 9.67. The molecular weight excluding hydrogens is 388 g/mol. The van der Waals surface area contributed by atoms with E-state index in [0.717, 1.165) is 0 Å². The van der Waals surface area contributed by atoms with Crippen LogP contribution in [0.15, 0.2) is 16.7 Å². The van der Waals surface area contributed by atoms with E-state index in [4.69, 9.17) is 14.0 Å². The van der Waals surface area contributed by atoms with Crippen LogP contribution >= 0.6 is 0 Å². The van der Waals surface area contributed by atoms with Crippen LogP contribution < -0.4 is 14.8 Å². The number of nitrogens with one attached hydrogen (secondary N) is 1. The summed E-state index contributed by atoms with van der Waals surface area (Å²) < 4.78 is 15.8. The zero-order chi connectivity index (χ0) is 22.5. The summed E-state index contributed by atoms with van der Waals surface area (Å²) in [5.41, 5.74) is 0.490. The molecule has 2 aromatic rings. The lowest BCUT2D eigenvalue weighted by molar-refractivity contribution is -0.116. The highest BCUT2D eigenvalue weighted by Gasteiger charge is 2.22. The molecule has 0 radical (unpaired) electrons. The molecule has 9 heteroatoms. The number of amides is 2. The van der Waals surface area contributed by atoms with Crippen molar-refractivity contribution in [3.8, 4) is 11.5 Å². The van der Waals surface area contributed by atoms with Gasteiger partial charge in [-0.1, -0.05) is 25.9 Å². The predicted molar refractivity (Wildman–Crippen MR) is 112 cm³/mol. The Labute approximate surface area is 176 Å². The van der Waals surface area contributed by atoms with E-state index in [0.29, 0.717) is 47.3 Å². The molecular formula is C21H30N4O5. The molecule has 1 heterocycles. The van der Waals surface area contributed by atoms with Crippen LogP contribution in [0.25, 0.3) is 0 Å². The topological polar surface area (TPSA) is 107 Å². The SMILES string of the molecule is COc1cc(NC(=O)CCCc2nc(C(C)(C)C)no2)c(C(=O)N(C)C)cc1OC. The molecule has 30 heavy (non-hydrogen) atoms. The van der Waals surface area contributed by atoms with Gasteiger partial charge in [-0.3, -0.25) is 9.59 Å². The zero-order valence-electron chi connectivity index (χ0n) is 18.7. The molecule has 164 valence electrons. The van der Waals surface area contributed by atoms with E-state index in [1.54, 1.807) is 26.2 Å². The van der Waals surface area contributed by atoms with Crippen LogP contribution in [0.1, 0.15) is 55.7 Å². The summed E-state index contributed by atoms with van der Waals surface area (Å²) >= 11 is 0. The van der Waals surface area contributed by atoms with Gasteiger partial charge in [0.05, 0.1) is 25.5 Å². The first kappa shape index (κ1) is 23.2. The van der Waals surface area contributed by atoms with Crippen LogP contribution in [0.5, 0.6) is 11.5 Å².